The molecule has 0 amide bonds. The summed E-state index contributed by atoms with van der Waals surface area (Å²) >= 11 is 0.385. The summed E-state index contributed by atoms with van der Waals surface area (Å²) in [5.41, 5.74) is 0. The molecule has 1 rings (SSSR count). The maximum Gasteiger partial charge on any atom is 0.102 e. The van der Waals surface area contributed by atoms with Gasteiger partial charge in [0.25, 0.3) is 0 Å². The van der Waals surface area contributed by atoms with E-state index in [1.807, 2.05) is 6.07 Å². The average Bonchev–Trinajstić information content (AvgIpc) is 2.04. The van der Waals surface area contributed by atoms with Crippen molar-refractivity contribution in [3.8, 4) is 6.07 Å². The molecule has 50 valence electrons. The van der Waals surface area contributed by atoms with Gasteiger partial charge in [-0.3, -0.25) is 0 Å². The number of hydrogen-bond donors (Lipinski definition) is 0. The Morgan fingerprint density at radius 1 is 1.60 bits per heavy atom. The lowest BCUT2D eigenvalue weighted by atomic mass is 10.0. The summed E-state index contributed by atoms with van der Waals surface area (Å²) in [7, 11) is 0. The molecule has 0 bridgehead atoms. The minimum Gasteiger partial charge on any atom is -0.212 e. The lowest BCUT2D eigenvalue weighted by Crippen LogP contribution is -2.08. The monoisotopic (exact) mass is 151 g/mol. The molecule has 1 aliphatic carbocycles. The molecule has 2 nitrogen and oxygen atoms in total. The predicted molar refractivity (Wildman–Crippen MR) is 40.5 cm³/mol. The van der Waals surface area contributed by atoms with E-state index in [4.69, 9.17) is 5.26 Å². The molecular formula is C7H5NOS. The number of rotatable bonds is 0. The van der Waals surface area contributed by atoms with Gasteiger partial charge in [-0.1, -0.05) is 18.2 Å². The summed E-state index contributed by atoms with van der Waals surface area (Å²) in [6.07, 6.45) is 6.91. The van der Waals surface area contributed by atoms with Crippen LogP contribution in [0.15, 0.2) is 24.3 Å². The van der Waals surface area contributed by atoms with Gasteiger partial charge in [-0.05, 0) is 6.08 Å². The second-order valence-corrected chi connectivity index (χ2v) is 2.47. The molecule has 0 aliphatic heterocycles. The Morgan fingerprint density at radius 3 is 2.90 bits per heavy atom. The zero-order valence-electron chi connectivity index (χ0n) is 5.15. The van der Waals surface area contributed by atoms with Crippen molar-refractivity contribution in [3.63, 3.8) is 0 Å². The summed E-state index contributed by atoms with van der Waals surface area (Å²) in [4.78, 5) is 0.574. The van der Waals surface area contributed by atoms with Crippen LogP contribution in [0.25, 0.3) is 0 Å². The molecule has 10 heavy (non-hydrogen) atoms. The van der Waals surface area contributed by atoms with Crippen molar-refractivity contribution >= 4 is 16.1 Å². The summed E-state index contributed by atoms with van der Waals surface area (Å²) in [5, 5.41) is 8.48. The lowest BCUT2D eigenvalue weighted by molar-refractivity contribution is 0.700. The summed E-state index contributed by atoms with van der Waals surface area (Å²) in [6, 6.07) is 2.01. The van der Waals surface area contributed by atoms with Gasteiger partial charge in [0.05, 0.1) is 22.2 Å². The summed E-state index contributed by atoms with van der Waals surface area (Å²) in [5.74, 6) is -0.326. The molecule has 1 unspecified atom stereocenters. The molecule has 0 N–H and O–H groups in total. The van der Waals surface area contributed by atoms with Gasteiger partial charge in [-0.15, -0.1) is 0 Å². The van der Waals surface area contributed by atoms with E-state index in [2.05, 4.69) is 0 Å². The second-order valence-electron chi connectivity index (χ2n) is 1.84. The largest absolute Gasteiger partial charge is 0.212 e. The highest BCUT2D eigenvalue weighted by atomic mass is 32.1. The molecular weight excluding hydrogens is 146 g/mol. The SMILES string of the molecule is N#CC1C=CC=CC1=S=O. The van der Waals surface area contributed by atoms with Crippen LogP contribution in [0.2, 0.25) is 0 Å². The topological polar surface area (TPSA) is 40.9 Å². The van der Waals surface area contributed by atoms with Crippen LogP contribution >= 0.6 is 0 Å². The third kappa shape index (κ3) is 1.23. The highest BCUT2D eigenvalue weighted by molar-refractivity contribution is 7.67. The fourth-order valence-corrected chi connectivity index (χ4v) is 1.08. The van der Waals surface area contributed by atoms with Gasteiger partial charge in [0.1, 0.15) is 5.92 Å². The van der Waals surface area contributed by atoms with Crippen LogP contribution in [0.5, 0.6) is 0 Å². The minimum absolute atomic E-state index is 0.326. The second kappa shape index (κ2) is 3.14. The molecule has 0 aromatic carbocycles. The van der Waals surface area contributed by atoms with E-state index < -0.39 is 0 Å². The van der Waals surface area contributed by atoms with E-state index >= 15 is 0 Å². The first kappa shape index (κ1) is 6.97. The minimum atomic E-state index is -0.326. The first-order valence-electron chi connectivity index (χ1n) is 2.79. The van der Waals surface area contributed by atoms with Gasteiger partial charge < -0.3 is 0 Å². The standard InChI is InChI=1S/C7H5NOS/c8-5-6-3-1-2-4-7(6)10-9/h1-4,6H. The van der Waals surface area contributed by atoms with E-state index in [0.717, 1.165) is 0 Å². The van der Waals surface area contributed by atoms with Crippen molar-refractivity contribution in [1.82, 2.24) is 0 Å². The van der Waals surface area contributed by atoms with Crippen LogP contribution < -0.4 is 0 Å². The van der Waals surface area contributed by atoms with E-state index in [0.29, 0.717) is 16.1 Å². The maximum atomic E-state index is 10.3. The first-order valence-corrected chi connectivity index (χ1v) is 3.54. The van der Waals surface area contributed by atoms with Gasteiger partial charge in [-0.2, -0.15) is 5.26 Å². The third-order valence-corrected chi connectivity index (χ3v) is 1.80. The van der Waals surface area contributed by atoms with Crippen molar-refractivity contribution in [2.24, 2.45) is 5.92 Å². The average molecular weight is 151 g/mol. The fraction of sp³-hybridized carbons (Fsp3) is 0.143. The quantitative estimate of drug-likeness (QED) is 0.477. The Morgan fingerprint density at radius 2 is 2.40 bits per heavy atom. The number of nitriles is 1. The van der Waals surface area contributed by atoms with Crippen molar-refractivity contribution in [3.05, 3.63) is 24.3 Å². The first-order chi connectivity index (χ1) is 4.88. The van der Waals surface area contributed by atoms with Crippen LogP contribution in [0, 0.1) is 17.2 Å². The lowest BCUT2D eigenvalue weighted by Gasteiger charge is -2.01. The molecule has 3 heteroatoms. The summed E-state index contributed by atoms with van der Waals surface area (Å²) in [6.45, 7) is 0. The molecule has 0 fully saturated rings. The van der Waals surface area contributed by atoms with Crippen LogP contribution in [-0.4, -0.2) is 9.07 Å². The van der Waals surface area contributed by atoms with Gasteiger partial charge in [-0.25, -0.2) is 4.21 Å². The van der Waals surface area contributed by atoms with Gasteiger partial charge >= 0.3 is 0 Å². The Hall–Kier alpha value is -1.14. The molecule has 0 radical (unpaired) electrons. The van der Waals surface area contributed by atoms with E-state index in [-0.39, 0.29) is 5.92 Å². The van der Waals surface area contributed by atoms with Gasteiger partial charge in [0, 0.05) is 0 Å². The van der Waals surface area contributed by atoms with Gasteiger partial charge in [0.2, 0.25) is 0 Å². The molecule has 0 heterocycles. The normalized spacial score (nSPS) is 22.3. The number of nitrogens with zero attached hydrogens (tertiary/aromatic N) is 1. The fourth-order valence-electron chi connectivity index (χ4n) is 0.710. The molecule has 1 aliphatic rings. The van der Waals surface area contributed by atoms with E-state index in [1.54, 1.807) is 24.3 Å². The van der Waals surface area contributed by atoms with E-state index in [1.165, 1.54) is 0 Å². The molecule has 0 aromatic rings. The number of hydrogen-bond acceptors (Lipinski definition) is 2. The number of allylic oxidation sites excluding steroid dienone is 4. The molecule has 0 aromatic heterocycles. The summed E-state index contributed by atoms with van der Waals surface area (Å²) < 4.78 is 10.3. The Labute approximate surface area is 62.5 Å². The highest BCUT2D eigenvalue weighted by Gasteiger charge is 2.09. The van der Waals surface area contributed by atoms with Crippen LogP contribution in [-0.2, 0) is 11.3 Å². The zero-order chi connectivity index (χ0) is 7.40. The van der Waals surface area contributed by atoms with Crippen molar-refractivity contribution < 1.29 is 4.21 Å². The maximum absolute atomic E-state index is 10.3. The Balaban J connectivity index is 2.98. The zero-order valence-corrected chi connectivity index (χ0v) is 5.97. The smallest absolute Gasteiger partial charge is 0.102 e. The Bertz CT molecular complexity index is 278. The highest BCUT2D eigenvalue weighted by Crippen LogP contribution is 2.05. The molecule has 0 saturated carbocycles. The van der Waals surface area contributed by atoms with Crippen LogP contribution in [0.3, 0.4) is 0 Å². The predicted octanol–water partition coefficient (Wildman–Crippen LogP) is 0.638. The third-order valence-electron chi connectivity index (χ3n) is 1.22. The van der Waals surface area contributed by atoms with Crippen molar-refractivity contribution in [2.75, 3.05) is 0 Å². The Kier molecular flexibility index (Phi) is 2.19. The van der Waals surface area contributed by atoms with Crippen LogP contribution in [0.4, 0.5) is 0 Å². The molecule has 0 spiro atoms. The molecule has 0 saturated heterocycles. The van der Waals surface area contributed by atoms with Crippen molar-refractivity contribution in [1.29, 1.82) is 5.26 Å². The van der Waals surface area contributed by atoms with Crippen LogP contribution in [0.1, 0.15) is 0 Å². The molecule has 1 atom stereocenters. The van der Waals surface area contributed by atoms with E-state index in [9.17, 15) is 4.21 Å². The van der Waals surface area contributed by atoms with Gasteiger partial charge in [0.15, 0.2) is 0 Å². The van der Waals surface area contributed by atoms with Crippen molar-refractivity contribution in [2.45, 2.75) is 0 Å².